The number of hydrogen-bond donors (Lipinski definition) is 0. The van der Waals surface area contributed by atoms with Crippen LogP contribution in [0.5, 0.6) is 11.5 Å². The van der Waals surface area contributed by atoms with Gasteiger partial charge < -0.3 is 9.64 Å². The van der Waals surface area contributed by atoms with Crippen LogP contribution in [-0.4, -0.2) is 0 Å². The van der Waals surface area contributed by atoms with Gasteiger partial charge in [0.25, 0.3) is 0 Å². The van der Waals surface area contributed by atoms with Crippen molar-refractivity contribution in [3.8, 4) is 67.1 Å². The fourth-order valence-corrected chi connectivity index (χ4v) is 8.66. The summed E-state index contributed by atoms with van der Waals surface area (Å²) in [5, 5.41) is 4.72. The molecule has 11 rings (SSSR count). The van der Waals surface area contributed by atoms with Crippen molar-refractivity contribution in [1.82, 2.24) is 0 Å². The quantitative estimate of drug-likeness (QED) is 0.161. The maximum atomic E-state index is 6.36. The summed E-state index contributed by atoms with van der Waals surface area (Å²) in [7, 11) is 0. The van der Waals surface area contributed by atoms with Crippen molar-refractivity contribution < 1.29 is 4.74 Å². The van der Waals surface area contributed by atoms with E-state index in [1.807, 2.05) is 6.07 Å². The summed E-state index contributed by atoms with van der Waals surface area (Å²) in [5.74, 6) is 1.79. The summed E-state index contributed by atoms with van der Waals surface area (Å²) in [6.07, 6.45) is 0. The van der Waals surface area contributed by atoms with Crippen LogP contribution in [0, 0.1) is 0 Å². The second kappa shape index (κ2) is 14.1. The van der Waals surface area contributed by atoms with Crippen molar-refractivity contribution in [3.05, 3.63) is 224 Å². The molecule has 1 aliphatic rings. The number of ether oxygens (including phenoxy) is 1. The van der Waals surface area contributed by atoms with Crippen LogP contribution >= 0.6 is 0 Å². The SMILES string of the molecule is c1ccc(-c2ccc(-c3ccc(N(c4cccc(-c5cc6c7c(cccc7c5)Oc5ccccc5-6)c4)c4cccc5ccccc45)cc3)cc2-c2ccccc2)cc1. The molecule has 2 nitrogen and oxygen atoms in total. The Kier molecular flexibility index (Phi) is 8.19. The Morgan fingerprint density at radius 2 is 0.897 bits per heavy atom. The van der Waals surface area contributed by atoms with Gasteiger partial charge in [-0.15, -0.1) is 0 Å². The van der Waals surface area contributed by atoms with Gasteiger partial charge in [0.15, 0.2) is 0 Å². The van der Waals surface area contributed by atoms with Crippen LogP contribution in [0.3, 0.4) is 0 Å². The molecular formula is C56H37NO. The van der Waals surface area contributed by atoms with Crippen molar-refractivity contribution in [2.45, 2.75) is 0 Å². The van der Waals surface area contributed by atoms with Crippen LogP contribution in [-0.2, 0) is 0 Å². The van der Waals surface area contributed by atoms with Gasteiger partial charge in [0.05, 0.1) is 5.69 Å². The lowest BCUT2D eigenvalue weighted by Gasteiger charge is -2.28. The second-order valence-corrected chi connectivity index (χ2v) is 14.9. The van der Waals surface area contributed by atoms with Crippen molar-refractivity contribution in [2.75, 3.05) is 4.90 Å². The van der Waals surface area contributed by atoms with Gasteiger partial charge in [0.1, 0.15) is 11.5 Å². The zero-order chi connectivity index (χ0) is 38.4. The van der Waals surface area contributed by atoms with Crippen LogP contribution < -0.4 is 9.64 Å². The number of fused-ring (bicyclic) bond motifs is 3. The minimum Gasteiger partial charge on any atom is -0.456 e. The molecule has 0 radical (unpaired) electrons. The molecule has 0 fully saturated rings. The summed E-state index contributed by atoms with van der Waals surface area (Å²) >= 11 is 0. The zero-order valence-electron chi connectivity index (χ0n) is 31.7. The van der Waals surface area contributed by atoms with Gasteiger partial charge in [-0.25, -0.2) is 0 Å². The Morgan fingerprint density at radius 3 is 1.74 bits per heavy atom. The van der Waals surface area contributed by atoms with Crippen molar-refractivity contribution >= 4 is 38.6 Å². The molecule has 10 aromatic carbocycles. The maximum Gasteiger partial charge on any atom is 0.135 e. The first-order valence-electron chi connectivity index (χ1n) is 19.8. The molecule has 10 aromatic rings. The molecule has 0 N–H and O–H groups in total. The van der Waals surface area contributed by atoms with Crippen LogP contribution in [0.15, 0.2) is 224 Å². The molecule has 272 valence electrons. The van der Waals surface area contributed by atoms with Gasteiger partial charge in [-0.05, 0) is 122 Å². The molecular weight excluding hydrogens is 703 g/mol. The van der Waals surface area contributed by atoms with E-state index < -0.39 is 0 Å². The molecule has 58 heavy (non-hydrogen) atoms. The Hall–Kier alpha value is -7.68. The van der Waals surface area contributed by atoms with Gasteiger partial charge in [0, 0.05) is 27.7 Å². The van der Waals surface area contributed by atoms with E-state index in [2.05, 4.69) is 223 Å². The number of anilines is 3. The van der Waals surface area contributed by atoms with Crippen LogP contribution in [0.1, 0.15) is 0 Å². The molecule has 1 aliphatic heterocycles. The number of benzene rings is 10. The van der Waals surface area contributed by atoms with E-state index in [0.29, 0.717) is 0 Å². The minimum atomic E-state index is 0.891. The van der Waals surface area contributed by atoms with E-state index in [-0.39, 0.29) is 0 Å². The summed E-state index contributed by atoms with van der Waals surface area (Å²) < 4.78 is 6.36. The third kappa shape index (κ3) is 5.91. The van der Waals surface area contributed by atoms with Crippen molar-refractivity contribution in [2.24, 2.45) is 0 Å². The van der Waals surface area contributed by atoms with E-state index in [1.54, 1.807) is 0 Å². The predicted octanol–water partition coefficient (Wildman–Crippen LogP) is 15.9. The Bertz CT molecular complexity index is 3130. The molecule has 0 atom stereocenters. The molecule has 0 saturated carbocycles. The van der Waals surface area contributed by atoms with Gasteiger partial charge in [-0.2, -0.15) is 0 Å². The molecule has 0 aromatic heterocycles. The van der Waals surface area contributed by atoms with Gasteiger partial charge >= 0.3 is 0 Å². The normalized spacial score (nSPS) is 11.6. The van der Waals surface area contributed by atoms with Crippen LogP contribution in [0.4, 0.5) is 17.1 Å². The number of nitrogens with zero attached hydrogens (tertiary/aromatic N) is 1. The molecule has 0 unspecified atom stereocenters. The van der Waals surface area contributed by atoms with Crippen molar-refractivity contribution in [3.63, 3.8) is 0 Å². The summed E-state index contributed by atoms with van der Waals surface area (Å²) in [5.41, 5.74) is 15.1. The lowest BCUT2D eigenvalue weighted by atomic mass is 9.90. The highest BCUT2D eigenvalue weighted by Crippen LogP contribution is 2.48. The Morgan fingerprint density at radius 1 is 0.293 bits per heavy atom. The maximum absolute atomic E-state index is 6.36. The number of hydrogen-bond acceptors (Lipinski definition) is 2. The average molecular weight is 740 g/mol. The van der Waals surface area contributed by atoms with E-state index in [0.717, 1.165) is 45.1 Å². The smallest absolute Gasteiger partial charge is 0.135 e. The highest BCUT2D eigenvalue weighted by molar-refractivity contribution is 6.07. The van der Waals surface area contributed by atoms with Gasteiger partial charge in [0.2, 0.25) is 0 Å². The van der Waals surface area contributed by atoms with Gasteiger partial charge in [-0.1, -0.05) is 164 Å². The molecule has 1 heterocycles. The standard InChI is InChI=1S/C56H37NO/c1-3-14-39(15-4-1)48-33-30-43(36-51(48)41-16-5-2-6-17-41)38-28-31-46(32-29-38)57(53-25-12-19-40-18-7-8-23-49(40)53)47-22-11-20-42(35-47)45-34-44-21-13-27-55-56(44)52(37-45)50-24-9-10-26-54(50)58-55/h1-37H. The first kappa shape index (κ1) is 33.6. The predicted molar refractivity (Wildman–Crippen MR) is 243 cm³/mol. The topological polar surface area (TPSA) is 12.5 Å². The Balaban J connectivity index is 1.03. The summed E-state index contributed by atoms with van der Waals surface area (Å²) in [6.45, 7) is 0. The molecule has 2 heteroatoms. The highest BCUT2D eigenvalue weighted by Gasteiger charge is 2.22. The fraction of sp³-hybridized carbons (Fsp3) is 0. The molecule has 0 saturated heterocycles. The van der Waals surface area contributed by atoms with E-state index in [9.17, 15) is 0 Å². The van der Waals surface area contributed by atoms with Crippen molar-refractivity contribution in [1.29, 1.82) is 0 Å². The highest BCUT2D eigenvalue weighted by atomic mass is 16.5. The van der Waals surface area contributed by atoms with Crippen LogP contribution in [0.2, 0.25) is 0 Å². The lowest BCUT2D eigenvalue weighted by Crippen LogP contribution is -2.10. The monoisotopic (exact) mass is 739 g/mol. The summed E-state index contributed by atoms with van der Waals surface area (Å²) in [6, 6.07) is 80.7. The largest absolute Gasteiger partial charge is 0.456 e. The fourth-order valence-electron chi connectivity index (χ4n) is 8.66. The third-order valence-corrected chi connectivity index (χ3v) is 11.4. The third-order valence-electron chi connectivity index (χ3n) is 11.4. The Labute approximate surface area is 338 Å². The number of para-hydroxylation sites is 1. The average Bonchev–Trinajstić information content (AvgIpc) is 3.30. The van der Waals surface area contributed by atoms with E-state index in [1.165, 1.54) is 60.7 Å². The van der Waals surface area contributed by atoms with E-state index in [4.69, 9.17) is 4.74 Å². The molecule has 0 amide bonds. The first-order chi connectivity index (χ1) is 28.7. The summed E-state index contributed by atoms with van der Waals surface area (Å²) in [4.78, 5) is 2.40. The molecule has 0 spiro atoms. The second-order valence-electron chi connectivity index (χ2n) is 14.9. The van der Waals surface area contributed by atoms with Gasteiger partial charge in [-0.3, -0.25) is 0 Å². The number of rotatable bonds is 7. The van der Waals surface area contributed by atoms with E-state index >= 15 is 0 Å². The van der Waals surface area contributed by atoms with Crippen LogP contribution in [0.25, 0.3) is 77.2 Å². The lowest BCUT2D eigenvalue weighted by molar-refractivity contribution is 0.487. The zero-order valence-corrected chi connectivity index (χ0v) is 31.7. The first-order valence-corrected chi connectivity index (χ1v) is 19.8. The molecule has 0 aliphatic carbocycles. The molecule has 0 bridgehead atoms. The minimum absolute atomic E-state index is 0.891.